The van der Waals surface area contributed by atoms with E-state index in [0.717, 1.165) is 42.7 Å². The van der Waals surface area contributed by atoms with Crippen LogP contribution in [-0.4, -0.2) is 19.1 Å². The summed E-state index contributed by atoms with van der Waals surface area (Å²) in [6.45, 7) is 8.25. The van der Waals surface area contributed by atoms with Crippen molar-refractivity contribution in [1.29, 1.82) is 0 Å². The van der Waals surface area contributed by atoms with Crippen molar-refractivity contribution in [3.8, 4) is 5.75 Å². The van der Waals surface area contributed by atoms with Crippen LogP contribution in [0.5, 0.6) is 5.75 Å². The van der Waals surface area contributed by atoms with Crippen molar-refractivity contribution in [1.82, 2.24) is 5.32 Å². The van der Waals surface area contributed by atoms with Crippen LogP contribution in [-0.2, 0) is 11.3 Å². The van der Waals surface area contributed by atoms with Crippen molar-refractivity contribution in [2.24, 2.45) is 11.7 Å². The van der Waals surface area contributed by atoms with Gasteiger partial charge in [0.1, 0.15) is 5.75 Å². The summed E-state index contributed by atoms with van der Waals surface area (Å²) in [4.78, 5) is 11.7. The van der Waals surface area contributed by atoms with Crippen LogP contribution in [0.1, 0.15) is 50.7 Å². The van der Waals surface area contributed by atoms with Gasteiger partial charge in [-0.25, -0.2) is 0 Å². The van der Waals surface area contributed by atoms with Gasteiger partial charge in [-0.3, -0.25) is 4.79 Å². The van der Waals surface area contributed by atoms with E-state index in [0.29, 0.717) is 25.4 Å². The van der Waals surface area contributed by atoms with Crippen LogP contribution in [0.2, 0.25) is 0 Å². The summed E-state index contributed by atoms with van der Waals surface area (Å²) < 4.78 is 5.91. The number of carbonyl (C=O) groups excluding carboxylic acids is 1. The van der Waals surface area contributed by atoms with E-state index in [1.165, 1.54) is 0 Å². The van der Waals surface area contributed by atoms with E-state index in [1.54, 1.807) is 0 Å². The van der Waals surface area contributed by atoms with E-state index < -0.39 is 0 Å². The fourth-order valence-corrected chi connectivity index (χ4v) is 2.16. The molecule has 3 N–H and O–H groups in total. The molecule has 0 aliphatic carbocycles. The predicted octanol–water partition coefficient (Wildman–Crippen LogP) is 3.17. The third kappa shape index (κ3) is 7.46. The van der Waals surface area contributed by atoms with Crippen molar-refractivity contribution in [3.63, 3.8) is 0 Å². The zero-order valence-corrected chi connectivity index (χ0v) is 14.2. The molecule has 22 heavy (non-hydrogen) atoms. The Balaban J connectivity index is 2.52. The van der Waals surface area contributed by atoms with Crippen LogP contribution in [0.4, 0.5) is 0 Å². The third-order valence-electron chi connectivity index (χ3n) is 3.49. The number of aryl methyl sites for hydroxylation is 1. The van der Waals surface area contributed by atoms with E-state index in [1.807, 2.05) is 25.1 Å². The Morgan fingerprint density at radius 3 is 2.77 bits per heavy atom. The first-order valence-electron chi connectivity index (χ1n) is 8.22. The Labute approximate surface area is 134 Å². The molecule has 0 saturated heterocycles. The SMILES string of the molecule is Cc1ccc(CNC(=O)CCCN)c(OCCCC(C)C)c1. The van der Waals surface area contributed by atoms with E-state index >= 15 is 0 Å². The van der Waals surface area contributed by atoms with Gasteiger partial charge in [0.2, 0.25) is 5.91 Å². The van der Waals surface area contributed by atoms with Crippen LogP contribution < -0.4 is 15.8 Å². The number of carbonyl (C=O) groups is 1. The molecule has 0 aromatic heterocycles. The molecule has 0 radical (unpaired) electrons. The molecule has 4 heteroatoms. The molecule has 1 aromatic rings. The lowest BCUT2D eigenvalue weighted by molar-refractivity contribution is -0.121. The predicted molar refractivity (Wildman–Crippen MR) is 90.9 cm³/mol. The summed E-state index contributed by atoms with van der Waals surface area (Å²) in [6, 6.07) is 6.11. The topological polar surface area (TPSA) is 64.4 Å². The van der Waals surface area contributed by atoms with Crippen molar-refractivity contribution in [3.05, 3.63) is 29.3 Å². The highest BCUT2D eigenvalue weighted by molar-refractivity contribution is 5.75. The number of hydrogen-bond acceptors (Lipinski definition) is 3. The minimum absolute atomic E-state index is 0.0387. The zero-order chi connectivity index (χ0) is 16.4. The second-order valence-electron chi connectivity index (χ2n) is 6.16. The lowest BCUT2D eigenvalue weighted by atomic mass is 10.1. The van der Waals surface area contributed by atoms with Crippen LogP contribution in [0, 0.1) is 12.8 Å². The van der Waals surface area contributed by atoms with Crippen molar-refractivity contribution in [2.75, 3.05) is 13.2 Å². The molecule has 0 spiro atoms. The largest absolute Gasteiger partial charge is 0.493 e. The van der Waals surface area contributed by atoms with E-state index in [9.17, 15) is 4.79 Å². The molecule has 0 heterocycles. The molecular weight excluding hydrogens is 276 g/mol. The highest BCUT2D eigenvalue weighted by Crippen LogP contribution is 2.21. The number of rotatable bonds is 10. The lowest BCUT2D eigenvalue weighted by Gasteiger charge is -2.14. The highest BCUT2D eigenvalue weighted by atomic mass is 16.5. The van der Waals surface area contributed by atoms with Crippen molar-refractivity contribution >= 4 is 5.91 Å². The molecule has 4 nitrogen and oxygen atoms in total. The molecule has 1 rings (SSSR count). The summed E-state index contributed by atoms with van der Waals surface area (Å²) in [7, 11) is 0. The number of hydrogen-bond donors (Lipinski definition) is 2. The quantitative estimate of drug-likeness (QED) is 0.653. The summed E-state index contributed by atoms with van der Waals surface area (Å²) in [5.74, 6) is 1.61. The van der Waals surface area contributed by atoms with Gasteiger partial charge < -0.3 is 15.8 Å². The van der Waals surface area contributed by atoms with Gasteiger partial charge >= 0.3 is 0 Å². The molecule has 124 valence electrons. The minimum atomic E-state index is 0.0387. The van der Waals surface area contributed by atoms with Gasteiger partial charge in [-0.05, 0) is 50.3 Å². The Morgan fingerprint density at radius 2 is 2.09 bits per heavy atom. The second-order valence-corrected chi connectivity index (χ2v) is 6.16. The van der Waals surface area contributed by atoms with Gasteiger partial charge in [0.25, 0.3) is 0 Å². The second kappa shape index (κ2) is 10.2. The maximum absolute atomic E-state index is 11.7. The molecule has 1 aromatic carbocycles. The molecule has 0 fully saturated rings. The highest BCUT2D eigenvalue weighted by Gasteiger charge is 2.07. The molecule has 0 aliphatic rings. The van der Waals surface area contributed by atoms with Gasteiger partial charge in [-0.15, -0.1) is 0 Å². The van der Waals surface area contributed by atoms with Gasteiger partial charge in [-0.2, -0.15) is 0 Å². The first-order chi connectivity index (χ1) is 10.5. The standard InChI is InChI=1S/C18H30N2O2/c1-14(2)6-5-11-22-17-12-15(3)8-9-16(17)13-20-18(21)7-4-10-19/h8-9,12,14H,4-7,10-11,13,19H2,1-3H3,(H,20,21). The average molecular weight is 306 g/mol. The van der Waals surface area contributed by atoms with Crippen LogP contribution in [0.3, 0.4) is 0 Å². The van der Waals surface area contributed by atoms with E-state index in [4.69, 9.17) is 10.5 Å². The summed E-state index contributed by atoms with van der Waals surface area (Å²) in [5.41, 5.74) is 7.60. The fraction of sp³-hybridized carbons (Fsp3) is 0.611. The van der Waals surface area contributed by atoms with Gasteiger partial charge in [0.15, 0.2) is 0 Å². The van der Waals surface area contributed by atoms with Gasteiger partial charge in [-0.1, -0.05) is 26.0 Å². The van der Waals surface area contributed by atoms with Gasteiger partial charge in [0, 0.05) is 18.5 Å². The first kappa shape index (κ1) is 18.5. The lowest BCUT2D eigenvalue weighted by Crippen LogP contribution is -2.23. The van der Waals surface area contributed by atoms with Gasteiger partial charge in [0.05, 0.1) is 6.61 Å². The maximum Gasteiger partial charge on any atom is 0.220 e. The maximum atomic E-state index is 11.7. The Kier molecular flexibility index (Phi) is 8.60. The molecule has 0 aliphatic heterocycles. The number of amides is 1. The van der Waals surface area contributed by atoms with Crippen molar-refractivity contribution < 1.29 is 9.53 Å². The summed E-state index contributed by atoms with van der Waals surface area (Å²) in [6.07, 6.45) is 3.41. The van der Waals surface area contributed by atoms with E-state index in [-0.39, 0.29) is 5.91 Å². The molecule has 0 saturated carbocycles. The van der Waals surface area contributed by atoms with Crippen LogP contribution in [0.25, 0.3) is 0 Å². The fourth-order valence-electron chi connectivity index (χ4n) is 2.16. The van der Waals surface area contributed by atoms with Crippen LogP contribution >= 0.6 is 0 Å². The monoisotopic (exact) mass is 306 g/mol. The summed E-state index contributed by atoms with van der Waals surface area (Å²) in [5, 5.41) is 2.93. The Hall–Kier alpha value is -1.55. The summed E-state index contributed by atoms with van der Waals surface area (Å²) >= 11 is 0. The number of nitrogens with two attached hydrogens (primary N) is 1. The van der Waals surface area contributed by atoms with Crippen molar-refractivity contribution in [2.45, 2.75) is 53.0 Å². The molecule has 1 amide bonds. The molecule has 0 bridgehead atoms. The smallest absolute Gasteiger partial charge is 0.220 e. The zero-order valence-electron chi connectivity index (χ0n) is 14.2. The molecule has 0 unspecified atom stereocenters. The first-order valence-corrected chi connectivity index (χ1v) is 8.22. The van der Waals surface area contributed by atoms with E-state index in [2.05, 4.69) is 19.2 Å². The molecule has 0 atom stereocenters. The Bertz CT molecular complexity index is 458. The Morgan fingerprint density at radius 1 is 1.32 bits per heavy atom. The minimum Gasteiger partial charge on any atom is -0.493 e. The average Bonchev–Trinajstić information content (AvgIpc) is 2.48. The number of ether oxygens (including phenoxy) is 1. The normalized spacial score (nSPS) is 10.8. The third-order valence-corrected chi connectivity index (χ3v) is 3.49. The number of benzene rings is 1. The number of nitrogens with one attached hydrogen (secondary N) is 1. The van der Waals surface area contributed by atoms with Crippen LogP contribution in [0.15, 0.2) is 18.2 Å². The molecular formula is C18H30N2O2.